The molecule has 2 heterocycles. The predicted molar refractivity (Wildman–Crippen MR) is 125 cm³/mol. The lowest BCUT2D eigenvalue weighted by atomic mass is 10.0. The molecule has 31 heavy (non-hydrogen) atoms. The van der Waals surface area contributed by atoms with E-state index in [1.807, 2.05) is 11.8 Å². The molecule has 1 saturated carbocycles. The average molecular weight is 417 g/mol. The lowest BCUT2D eigenvalue weighted by Crippen LogP contribution is -2.51. The molecule has 1 saturated heterocycles. The van der Waals surface area contributed by atoms with E-state index in [9.17, 15) is 4.79 Å². The van der Waals surface area contributed by atoms with Crippen LogP contribution in [0.1, 0.15) is 48.8 Å². The summed E-state index contributed by atoms with van der Waals surface area (Å²) in [5.41, 5.74) is 2.67. The Morgan fingerprint density at radius 2 is 1.71 bits per heavy atom. The Balaban J connectivity index is 1.43. The molecule has 3 aromatic rings. The SMILES string of the molecule is CCn1c(-c2cccc3ccccc23)nc(C(=O)N2CCN(C3CCCC3)CC2)c1C. The number of hydrogen-bond donors (Lipinski definition) is 0. The monoisotopic (exact) mass is 416 g/mol. The number of fused-ring (bicyclic) bond motifs is 1. The second kappa shape index (κ2) is 8.46. The van der Waals surface area contributed by atoms with Gasteiger partial charge in [0.15, 0.2) is 0 Å². The van der Waals surface area contributed by atoms with Crippen LogP contribution in [-0.2, 0) is 6.54 Å². The first-order valence-corrected chi connectivity index (χ1v) is 11.8. The molecule has 1 amide bonds. The molecule has 1 aromatic heterocycles. The van der Waals surface area contributed by atoms with Crippen molar-refractivity contribution < 1.29 is 4.79 Å². The molecule has 5 rings (SSSR count). The summed E-state index contributed by atoms with van der Waals surface area (Å²) in [6.07, 6.45) is 5.35. The van der Waals surface area contributed by atoms with Gasteiger partial charge in [0, 0.05) is 50.0 Å². The molecule has 0 atom stereocenters. The summed E-state index contributed by atoms with van der Waals surface area (Å²) in [7, 11) is 0. The number of nitrogens with zero attached hydrogens (tertiary/aromatic N) is 4. The van der Waals surface area contributed by atoms with E-state index in [0.717, 1.165) is 55.8 Å². The molecule has 0 bridgehead atoms. The fraction of sp³-hybridized carbons (Fsp3) is 0.462. The van der Waals surface area contributed by atoms with Gasteiger partial charge < -0.3 is 9.47 Å². The first kappa shape index (κ1) is 20.3. The molecule has 162 valence electrons. The van der Waals surface area contributed by atoms with Gasteiger partial charge in [-0.3, -0.25) is 9.69 Å². The van der Waals surface area contributed by atoms with Gasteiger partial charge in [-0.1, -0.05) is 55.3 Å². The maximum atomic E-state index is 13.5. The molecule has 0 N–H and O–H groups in total. The third kappa shape index (κ3) is 3.65. The zero-order valence-corrected chi connectivity index (χ0v) is 18.7. The van der Waals surface area contributed by atoms with E-state index < -0.39 is 0 Å². The van der Waals surface area contributed by atoms with Gasteiger partial charge in [0.05, 0.1) is 0 Å². The van der Waals surface area contributed by atoms with Crippen LogP contribution in [0.25, 0.3) is 22.2 Å². The van der Waals surface area contributed by atoms with Crippen LogP contribution in [0.2, 0.25) is 0 Å². The summed E-state index contributed by atoms with van der Waals surface area (Å²) < 4.78 is 2.18. The number of piperazine rings is 1. The van der Waals surface area contributed by atoms with Crippen molar-refractivity contribution in [3.8, 4) is 11.4 Å². The summed E-state index contributed by atoms with van der Waals surface area (Å²) in [6.45, 7) is 8.53. The summed E-state index contributed by atoms with van der Waals surface area (Å²) in [5.74, 6) is 0.974. The average Bonchev–Trinajstić information content (AvgIpc) is 3.46. The predicted octanol–water partition coefficient (Wildman–Crippen LogP) is 4.73. The standard InChI is InChI=1S/C26H32N4O/c1-3-30-19(2)24(26(31)29-17-15-28(16-18-29)21-11-5-6-12-21)27-25(30)23-14-8-10-20-9-4-7-13-22(20)23/h4,7-10,13-14,21H,3,5-6,11-12,15-18H2,1-2H3. The highest BCUT2D eigenvalue weighted by Gasteiger charge is 2.30. The fourth-order valence-electron chi connectivity index (χ4n) is 5.46. The highest BCUT2D eigenvalue weighted by molar-refractivity contribution is 5.98. The van der Waals surface area contributed by atoms with Gasteiger partial charge in [-0.2, -0.15) is 0 Å². The van der Waals surface area contributed by atoms with E-state index in [2.05, 4.69) is 58.9 Å². The number of carbonyl (C=O) groups excluding carboxylic acids is 1. The first-order chi connectivity index (χ1) is 15.2. The number of imidazole rings is 1. The smallest absolute Gasteiger partial charge is 0.274 e. The summed E-state index contributed by atoms with van der Waals surface area (Å²) in [4.78, 5) is 23.0. The number of rotatable bonds is 4. The summed E-state index contributed by atoms with van der Waals surface area (Å²) in [5, 5.41) is 2.37. The van der Waals surface area contributed by atoms with Gasteiger partial charge in [0.2, 0.25) is 0 Å². The summed E-state index contributed by atoms with van der Waals surface area (Å²) in [6, 6.07) is 15.4. The third-order valence-corrected chi connectivity index (χ3v) is 7.21. The van der Waals surface area contributed by atoms with E-state index in [-0.39, 0.29) is 5.91 Å². The Morgan fingerprint density at radius 1 is 1.00 bits per heavy atom. The first-order valence-electron chi connectivity index (χ1n) is 11.8. The molecule has 5 heteroatoms. The van der Waals surface area contributed by atoms with Gasteiger partial charge in [0.25, 0.3) is 5.91 Å². The number of hydrogen-bond acceptors (Lipinski definition) is 3. The number of benzene rings is 2. The van der Waals surface area contributed by atoms with Crippen LogP contribution in [0.4, 0.5) is 0 Å². The van der Waals surface area contributed by atoms with Crippen LogP contribution >= 0.6 is 0 Å². The highest BCUT2D eigenvalue weighted by Crippen LogP contribution is 2.30. The lowest BCUT2D eigenvalue weighted by molar-refractivity contribution is 0.0567. The molecule has 5 nitrogen and oxygen atoms in total. The number of carbonyl (C=O) groups is 1. The molecule has 2 aliphatic rings. The molecule has 0 radical (unpaired) electrons. The van der Waals surface area contributed by atoms with Crippen LogP contribution in [0.5, 0.6) is 0 Å². The second-order valence-corrected chi connectivity index (χ2v) is 8.91. The molecule has 1 aliphatic heterocycles. The minimum atomic E-state index is 0.0808. The third-order valence-electron chi connectivity index (χ3n) is 7.21. The van der Waals surface area contributed by atoms with Crippen molar-refractivity contribution in [1.29, 1.82) is 0 Å². The molecule has 0 spiro atoms. The van der Waals surface area contributed by atoms with Crippen molar-refractivity contribution in [1.82, 2.24) is 19.4 Å². The van der Waals surface area contributed by atoms with E-state index in [1.165, 1.54) is 36.5 Å². The van der Waals surface area contributed by atoms with Crippen molar-refractivity contribution in [3.63, 3.8) is 0 Å². The van der Waals surface area contributed by atoms with Crippen molar-refractivity contribution >= 4 is 16.7 Å². The maximum Gasteiger partial charge on any atom is 0.274 e. The molecule has 1 aliphatic carbocycles. The maximum absolute atomic E-state index is 13.5. The molecular formula is C26H32N4O. The largest absolute Gasteiger partial charge is 0.335 e. The van der Waals surface area contributed by atoms with E-state index >= 15 is 0 Å². The quantitative estimate of drug-likeness (QED) is 0.617. The fourth-order valence-corrected chi connectivity index (χ4v) is 5.46. The van der Waals surface area contributed by atoms with Gasteiger partial charge >= 0.3 is 0 Å². The lowest BCUT2D eigenvalue weighted by Gasteiger charge is -2.37. The minimum absolute atomic E-state index is 0.0808. The molecule has 2 aromatic carbocycles. The van der Waals surface area contributed by atoms with Crippen molar-refractivity contribution in [2.24, 2.45) is 0 Å². The van der Waals surface area contributed by atoms with Crippen molar-refractivity contribution in [2.45, 2.75) is 52.1 Å². The van der Waals surface area contributed by atoms with Gasteiger partial charge in [-0.25, -0.2) is 4.98 Å². The van der Waals surface area contributed by atoms with Crippen LogP contribution in [0.3, 0.4) is 0 Å². The van der Waals surface area contributed by atoms with Crippen molar-refractivity contribution in [2.75, 3.05) is 26.2 Å². The Bertz CT molecular complexity index is 1080. The molecular weight excluding hydrogens is 384 g/mol. The Morgan fingerprint density at radius 3 is 2.45 bits per heavy atom. The van der Waals surface area contributed by atoms with Crippen LogP contribution < -0.4 is 0 Å². The zero-order chi connectivity index (χ0) is 21.4. The normalized spacial score (nSPS) is 18.2. The zero-order valence-electron chi connectivity index (χ0n) is 18.7. The molecule has 2 fully saturated rings. The van der Waals surface area contributed by atoms with Gasteiger partial charge in [0.1, 0.15) is 11.5 Å². The van der Waals surface area contributed by atoms with E-state index in [4.69, 9.17) is 4.98 Å². The van der Waals surface area contributed by atoms with Gasteiger partial charge in [-0.15, -0.1) is 0 Å². The Hall–Kier alpha value is -2.66. The number of aromatic nitrogens is 2. The van der Waals surface area contributed by atoms with E-state index in [0.29, 0.717) is 5.69 Å². The van der Waals surface area contributed by atoms with E-state index in [1.54, 1.807) is 0 Å². The second-order valence-electron chi connectivity index (χ2n) is 8.91. The highest BCUT2D eigenvalue weighted by atomic mass is 16.2. The number of amides is 1. The topological polar surface area (TPSA) is 41.4 Å². The Labute approximate surface area is 184 Å². The molecule has 0 unspecified atom stereocenters. The summed E-state index contributed by atoms with van der Waals surface area (Å²) >= 11 is 0. The van der Waals surface area contributed by atoms with Gasteiger partial charge in [-0.05, 0) is 37.5 Å². The van der Waals surface area contributed by atoms with Crippen molar-refractivity contribution in [3.05, 3.63) is 53.9 Å². The van der Waals surface area contributed by atoms with Crippen LogP contribution in [-0.4, -0.2) is 57.5 Å². The van der Waals surface area contributed by atoms with Crippen LogP contribution in [0, 0.1) is 6.92 Å². The Kier molecular flexibility index (Phi) is 5.53. The van der Waals surface area contributed by atoms with Crippen LogP contribution in [0.15, 0.2) is 42.5 Å². The minimum Gasteiger partial charge on any atom is -0.335 e.